The summed E-state index contributed by atoms with van der Waals surface area (Å²) in [6, 6.07) is 11.5. The second-order valence-corrected chi connectivity index (χ2v) is 14.2. The molecule has 1 aromatic heterocycles. The number of hydrogen-bond acceptors (Lipinski definition) is 6. The van der Waals surface area contributed by atoms with E-state index >= 15 is 0 Å². The number of aromatic nitrogens is 1. The molecule has 47 heavy (non-hydrogen) atoms. The molecule has 9 heteroatoms. The standard InChI is InChI=1S/C38H49ClN4O4/c1-7-42(28-10-14-46-15-11-28)32-20-29(27-8-9-31-33(19-27)43(23(2)3)22-38(31)12-16-47-17-13-38)35(39)34(26(32)6)37(45)40-21-30-24(4)18-25(5)41-36(30)44/h8-9,18-20,23,28H,7,10-17,21-22H2,1-6H3,(H,40,45)(H,41,44). The zero-order chi connectivity index (χ0) is 33.5. The molecule has 2 N–H and O–H groups in total. The van der Waals surface area contributed by atoms with Crippen LogP contribution in [0.15, 0.2) is 35.1 Å². The van der Waals surface area contributed by atoms with E-state index < -0.39 is 0 Å². The molecule has 0 unspecified atom stereocenters. The number of nitrogens with zero attached hydrogens (tertiary/aromatic N) is 2. The van der Waals surface area contributed by atoms with Crippen LogP contribution in [0.25, 0.3) is 11.1 Å². The molecule has 0 bridgehead atoms. The Hall–Kier alpha value is -3.33. The molecule has 1 spiro atoms. The summed E-state index contributed by atoms with van der Waals surface area (Å²) >= 11 is 7.31. The molecular formula is C38H49ClN4O4. The number of carbonyl (C=O) groups excluding carboxylic acids is 1. The number of H-pyrrole nitrogens is 1. The summed E-state index contributed by atoms with van der Waals surface area (Å²) in [5, 5.41) is 3.47. The van der Waals surface area contributed by atoms with Crippen molar-refractivity contribution in [1.82, 2.24) is 10.3 Å². The van der Waals surface area contributed by atoms with E-state index in [9.17, 15) is 9.59 Å². The minimum absolute atomic E-state index is 0.0949. The number of ether oxygens (including phenoxy) is 2. The molecule has 8 nitrogen and oxygen atoms in total. The Labute approximate surface area is 283 Å². The number of amides is 1. The van der Waals surface area contributed by atoms with Crippen LogP contribution in [-0.4, -0.2) is 62.5 Å². The zero-order valence-electron chi connectivity index (χ0n) is 28.7. The van der Waals surface area contributed by atoms with Gasteiger partial charge in [-0.1, -0.05) is 23.7 Å². The topological polar surface area (TPSA) is 86.9 Å². The summed E-state index contributed by atoms with van der Waals surface area (Å²) in [4.78, 5) is 34.7. The summed E-state index contributed by atoms with van der Waals surface area (Å²) in [6.07, 6.45) is 3.89. The van der Waals surface area contributed by atoms with E-state index in [4.69, 9.17) is 21.1 Å². The highest BCUT2D eigenvalue weighted by Crippen LogP contribution is 2.50. The van der Waals surface area contributed by atoms with Crippen LogP contribution in [0, 0.1) is 20.8 Å². The van der Waals surface area contributed by atoms with Crippen LogP contribution in [0.2, 0.25) is 5.02 Å². The quantitative estimate of drug-likeness (QED) is 0.275. The first-order chi connectivity index (χ1) is 22.5. The number of nitrogens with one attached hydrogen (secondary N) is 2. The van der Waals surface area contributed by atoms with Gasteiger partial charge in [0, 0.05) is 91.8 Å². The third-order valence-electron chi connectivity index (χ3n) is 10.7. The number of benzene rings is 2. The van der Waals surface area contributed by atoms with Gasteiger partial charge in [0.1, 0.15) is 0 Å². The van der Waals surface area contributed by atoms with E-state index in [0.29, 0.717) is 28.2 Å². The first-order valence-electron chi connectivity index (χ1n) is 17.2. The Morgan fingerprint density at radius 2 is 1.79 bits per heavy atom. The van der Waals surface area contributed by atoms with E-state index in [1.54, 1.807) is 0 Å². The van der Waals surface area contributed by atoms with E-state index in [-0.39, 0.29) is 23.4 Å². The van der Waals surface area contributed by atoms with Crippen LogP contribution < -0.4 is 20.7 Å². The first-order valence-corrected chi connectivity index (χ1v) is 17.6. The highest BCUT2D eigenvalue weighted by Gasteiger charge is 2.44. The summed E-state index contributed by atoms with van der Waals surface area (Å²) < 4.78 is 11.5. The molecule has 2 saturated heterocycles. The number of aromatic amines is 1. The SMILES string of the molecule is CCN(c1cc(-c2ccc3c(c2)N(C(C)C)CC32CCOCC2)c(Cl)c(C(=O)NCc2c(C)cc(C)[nH]c2=O)c1C)C1CCOCC1. The van der Waals surface area contributed by atoms with Crippen LogP contribution in [0.3, 0.4) is 0 Å². The van der Waals surface area contributed by atoms with Crippen molar-refractivity contribution in [2.24, 2.45) is 0 Å². The van der Waals surface area contributed by atoms with Gasteiger partial charge in [-0.2, -0.15) is 0 Å². The van der Waals surface area contributed by atoms with Crippen molar-refractivity contribution in [3.05, 3.63) is 79.2 Å². The lowest BCUT2D eigenvalue weighted by Gasteiger charge is -2.37. The Bertz CT molecular complexity index is 1700. The Balaban J connectivity index is 1.46. The molecule has 3 aliphatic heterocycles. The van der Waals surface area contributed by atoms with Gasteiger partial charge in [0.25, 0.3) is 11.5 Å². The smallest absolute Gasteiger partial charge is 0.253 e. The lowest BCUT2D eigenvalue weighted by molar-refractivity contribution is 0.0550. The second kappa shape index (κ2) is 13.7. The van der Waals surface area contributed by atoms with Crippen molar-refractivity contribution in [1.29, 1.82) is 0 Å². The van der Waals surface area contributed by atoms with Crippen molar-refractivity contribution in [2.75, 3.05) is 49.3 Å². The molecule has 0 atom stereocenters. The van der Waals surface area contributed by atoms with Gasteiger partial charge in [0.2, 0.25) is 0 Å². The molecule has 0 saturated carbocycles. The number of halogens is 1. The molecule has 4 heterocycles. The van der Waals surface area contributed by atoms with Crippen LogP contribution in [0.4, 0.5) is 11.4 Å². The number of hydrogen-bond donors (Lipinski definition) is 2. The van der Waals surface area contributed by atoms with E-state index in [1.165, 1.54) is 11.3 Å². The third kappa shape index (κ3) is 6.32. The van der Waals surface area contributed by atoms with Gasteiger partial charge >= 0.3 is 0 Å². The molecule has 2 fully saturated rings. The molecule has 252 valence electrons. The number of carbonyl (C=O) groups is 1. The molecule has 1 amide bonds. The second-order valence-electron chi connectivity index (χ2n) is 13.9. The van der Waals surface area contributed by atoms with Crippen molar-refractivity contribution >= 4 is 28.9 Å². The van der Waals surface area contributed by atoms with Crippen LogP contribution in [-0.2, 0) is 21.4 Å². The molecular weight excluding hydrogens is 612 g/mol. The highest BCUT2D eigenvalue weighted by molar-refractivity contribution is 6.37. The summed E-state index contributed by atoms with van der Waals surface area (Å²) in [6.45, 7) is 17.3. The average molecular weight is 661 g/mol. The number of anilines is 2. The largest absolute Gasteiger partial charge is 0.381 e. The van der Waals surface area contributed by atoms with Crippen LogP contribution >= 0.6 is 11.6 Å². The number of aryl methyl sites for hydroxylation is 2. The minimum atomic E-state index is -0.288. The predicted molar refractivity (Wildman–Crippen MR) is 190 cm³/mol. The highest BCUT2D eigenvalue weighted by atomic mass is 35.5. The Kier molecular flexibility index (Phi) is 9.75. The van der Waals surface area contributed by atoms with E-state index in [1.807, 2.05) is 26.8 Å². The van der Waals surface area contributed by atoms with Gasteiger partial charge in [0.15, 0.2) is 0 Å². The lowest BCUT2D eigenvalue weighted by atomic mass is 9.75. The molecule has 3 aliphatic rings. The van der Waals surface area contributed by atoms with Gasteiger partial charge in [0.05, 0.1) is 10.6 Å². The third-order valence-corrected chi connectivity index (χ3v) is 11.1. The molecule has 2 aromatic carbocycles. The van der Waals surface area contributed by atoms with E-state index in [2.05, 4.69) is 65.1 Å². The molecule has 0 radical (unpaired) electrons. The van der Waals surface area contributed by atoms with Crippen molar-refractivity contribution < 1.29 is 14.3 Å². The van der Waals surface area contributed by atoms with Gasteiger partial charge < -0.3 is 29.6 Å². The molecule has 0 aliphatic carbocycles. The Morgan fingerprint density at radius 1 is 1.09 bits per heavy atom. The number of fused-ring (bicyclic) bond motifs is 2. The van der Waals surface area contributed by atoms with Gasteiger partial charge in [-0.15, -0.1) is 0 Å². The van der Waals surface area contributed by atoms with Crippen LogP contribution in [0.1, 0.15) is 84.8 Å². The van der Waals surface area contributed by atoms with Gasteiger partial charge in [-0.3, -0.25) is 9.59 Å². The zero-order valence-corrected chi connectivity index (χ0v) is 29.5. The van der Waals surface area contributed by atoms with Crippen LogP contribution in [0.5, 0.6) is 0 Å². The summed E-state index contributed by atoms with van der Waals surface area (Å²) in [7, 11) is 0. The minimum Gasteiger partial charge on any atom is -0.381 e. The van der Waals surface area contributed by atoms with Crippen molar-refractivity contribution in [3.63, 3.8) is 0 Å². The average Bonchev–Trinajstić information content (AvgIpc) is 3.35. The van der Waals surface area contributed by atoms with E-state index in [0.717, 1.165) is 98.8 Å². The normalized spacial score (nSPS) is 17.7. The maximum absolute atomic E-state index is 14.1. The number of rotatable bonds is 8. The summed E-state index contributed by atoms with van der Waals surface area (Å²) in [5.41, 5.74) is 8.85. The Morgan fingerprint density at radius 3 is 2.45 bits per heavy atom. The number of pyridine rings is 1. The van der Waals surface area contributed by atoms with Gasteiger partial charge in [-0.05, 0) is 108 Å². The maximum atomic E-state index is 14.1. The maximum Gasteiger partial charge on any atom is 0.253 e. The van der Waals surface area contributed by atoms with Crippen molar-refractivity contribution in [2.45, 2.75) is 91.3 Å². The fourth-order valence-corrected chi connectivity index (χ4v) is 8.42. The fraction of sp³-hybridized carbons (Fsp3) is 0.526. The first kappa shape index (κ1) is 33.6. The summed E-state index contributed by atoms with van der Waals surface area (Å²) in [5.74, 6) is -0.288. The van der Waals surface area contributed by atoms with Gasteiger partial charge in [-0.25, -0.2) is 0 Å². The van der Waals surface area contributed by atoms with Crippen molar-refractivity contribution in [3.8, 4) is 11.1 Å². The fourth-order valence-electron chi connectivity index (χ4n) is 8.03. The molecule has 6 rings (SSSR count). The molecule has 3 aromatic rings. The monoisotopic (exact) mass is 660 g/mol. The predicted octanol–water partition coefficient (Wildman–Crippen LogP) is 6.83. The lowest BCUT2D eigenvalue weighted by Crippen LogP contribution is -2.40.